The van der Waals surface area contributed by atoms with Crippen molar-refractivity contribution in [3.8, 4) is 0 Å². The molecule has 1 N–H and O–H groups in total. The quantitative estimate of drug-likeness (QED) is 0.731. The van der Waals surface area contributed by atoms with E-state index < -0.39 is 28.0 Å². The van der Waals surface area contributed by atoms with Gasteiger partial charge in [0.05, 0.1) is 10.5 Å². The standard InChI is InChI=1S/C21H24N2O5S/c1-15-8-3-4-11-19(15)22-20(24)16(2)28-21(25)17-9-7-10-18(14-17)29(26,27)23-12-5-6-13-23/h3-4,7-11,14,16H,5-6,12-13H2,1-2H3,(H,22,24)/t16-/m1/s1. The van der Waals surface area contributed by atoms with E-state index in [9.17, 15) is 18.0 Å². The highest BCUT2D eigenvalue weighted by molar-refractivity contribution is 7.89. The van der Waals surface area contributed by atoms with Crippen molar-refractivity contribution >= 4 is 27.6 Å². The Hall–Kier alpha value is -2.71. The van der Waals surface area contributed by atoms with Crippen LogP contribution in [-0.2, 0) is 19.6 Å². The van der Waals surface area contributed by atoms with Crippen LogP contribution < -0.4 is 5.32 Å². The molecule has 0 radical (unpaired) electrons. The zero-order chi connectivity index (χ0) is 21.0. The summed E-state index contributed by atoms with van der Waals surface area (Å²) in [4.78, 5) is 24.9. The fraction of sp³-hybridized carbons (Fsp3) is 0.333. The van der Waals surface area contributed by atoms with E-state index in [2.05, 4.69) is 5.32 Å². The van der Waals surface area contributed by atoms with Gasteiger partial charge in [0.25, 0.3) is 5.91 Å². The van der Waals surface area contributed by atoms with Crippen LogP contribution >= 0.6 is 0 Å². The van der Waals surface area contributed by atoms with Crippen molar-refractivity contribution in [3.63, 3.8) is 0 Å². The van der Waals surface area contributed by atoms with Gasteiger partial charge in [-0.05, 0) is 56.5 Å². The highest BCUT2D eigenvalue weighted by atomic mass is 32.2. The molecule has 1 heterocycles. The van der Waals surface area contributed by atoms with Crippen LogP contribution in [0.15, 0.2) is 53.4 Å². The van der Waals surface area contributed by atoms with E-state index in [1.165, 1.54) is 35.5 Å². The second-order valence-corrected chi connectivity index (χ2v) is 8.93. The number of anilines is 1. The van der Waals surface area contributed by atoms with Gasteiger partial charge in [-0.15, -0.1) is 0 Å². The molecule has 1 atom stereocenters. The third-order valence-electron chi connectivity index (χ3n) is 4.83. The highest BCUT2D eigenvalue weighted by Crippen LogP contribution is 2.22. The van der Waals surface area contributed by atoms with Gasteiger partial charge >= 0.3 is 5.97 Å². The first-order chi connectivity index (χ1) is 13.8. The number of para-hydroxylation sites is 1. The maximum atomic E-state index is 12.7. The van der Waals surface area contributed by atoms with Gasteiger partial charge < -0.3 is 10.1 Å². The molecule has 0 aliphatic carbocycles. The van der Waals surface area contributed by atoms with Gasteiger partial charge in [0.15, 0.2) is 6.10 Å². The maximum absolute atomic E-state index is 12.7. The second kappa shape index (κ2) is 8.75. The Labute approximate surface area is 170 Å². The van der Waals surface area contributed by atoms with Gasteiger partial charge in [-0.1, -0.05) is 24.3 Å². The molecular weight excluding hydrogens is 392 g/mol. The van der Waals surface area contributed by atoms with Crippen LogP contribution in [0.5, 0.6) is 0 Å². The number of sulfonamides is 1. The number of ether oxygens (including phenoxy) is 1. The Kier molecular flexibility index (Phi) is 6.34. The lowest BCUT2D eigenvalue weighted by Gasteiger charge is -2.17. The molecule has 0 bridgehead atoms. The summed E-state index contributed by atoms with van der Waals surface area (Å²) in [7, 11) is -3.64. The third kappa shape index (κ3) is 4.83. The number of nitrogens with one attached hydrogen (secondary N) is 1. The summed E-state index contributed by atoms with van der Waals surface area (Å²) in [5, 5.41) is 2.72. The van der Waals surface area contributed by atoms with Crippen LogP contribution in [0, 0.1) is 6.92 Å². The number of esters is 1. The summed E-state index contributed by atoms with van der Waals surface area (Å²) >= 11 is 0. The van der Waals surface area contributed by atoms with Crippen LogP contribution in [0.1, 0.15) is 35.7 Å². The van der Waals surface area contributed by atoms with E-state index in [0.29, 0.717) is 18.8 Å². The van der Waals surface area contributed by atoms with Crippen molar-refractivity contribution in [2.45, 2.75) is 37.7 Å². The molecule has 1 aliphatic heterocycles. The molecule has 2 aromatic carbocycles. The van der Waals surface area contributed by atoms with Crippen LogP contribution in [0.25, 0.3) is 0 Å². The average Bonchev–Trinajstić information content (AvgIpc) is 3.25. The Morgan fingerprint density at radius 1 is 1.07 bits per heavy atom. The van der Waals surface area contributed by atoms with Crippen LogP contribution in [0.4, 0.5) is 5.69 Å². The van der Waals surface area contributed by atoms with Crippen molar-refractivity contribution in [1.29, 1.82) is 0 Å². The topological polar surface area (TPSA) is 92.8 Å². The first-order valence-corrected chi connectivity index (χ1v) is 10.9. The SMILES string of the molecule is Cc1ccccc1NC(=O)[C@@H](C)OC(=O)c1cccc(S(=O)(=O)N2CCCC2)c1. The van der Waals surface area contributed by atoms with Crippen molar-refractivity contribution in [2.24, 2.45) is 0 Å². The van der Waals surface area contributed by atoms with Crippen molar-refractivity contribution in [3.05, 3.63) is 59.7 Å². The second-order valence-electron chi connectivity index (χ2n) is 6.99. The molecule has 0 unspecified atom stereocenters. The molecule has 1 amide bonds. The average molecular weight is 416 g/mol. The Bertz CT molecular complexity index is 1010. The normalized spacial score (nSPS) is 15.7. The molecule has 3 rings (SSSR count). The zero-order valence-corrected chi connectivity index (χ0v) is 17.2. The van der Waals surface area contributed by atoms with Gasteiger partial charge in [-0.25, -0.2) is 13.2 Å². The minimum atomic E-state index is -3.64. The lowest BCUT2D eigenvalue weighted by Crippen LogP contribution is -2.30. The molecule has 7 nitrogen and oxygen atoms in total. The van der Waals surface area contributed by atoms with E-state index in [1.54, 1.807) is 12.1 Å². The summed E-state index contributed by atoms with van der Waals surface area (Å²) in [6, 6.07) is 13.0. The molecule has 0 spiro atoms. The molecule has 1 saturated heterocycles. The first-order valence-electron chi connectivity index (χ1n) is 9.47. The van der Waals surface area contributed by atoms with Gasteiger partial charge in [-0.3, -0.25) is 4.79 Å². The first kappa shape index (κ1) is 21.0. The number of carbonyl (C=O) groups is 2. The molecule has 8 heteroatoms. The Morgan fingerprint density at radius 2 is 1.76 bits per heavy atom. The van der Waals surface area contributed by atoms with Crippen molar-refractivity contribution in [2.75, 3.05) is 18.4 Å². The molecule has 1 fully saturated rings. The largest absolute Gasteiger partial charge is 0.449 e. The Morgan fingerprint density at radius 3 is 2.45 bits per heavy atom. The van der Waals surface area contributed by atoms with E-state index in [1.807, 2.05) is 19.1 Å². The minimum absolute atomic E-state index is 0.0471. The number of rotatable bonds is 6. The number of carbonyl (C=O) groups excluding carboxylic acids is 2. The predicted molar refractivity (Wildman–Crippen MR) is 109 cm³/mol. The van der Waals surface area contributed by atoms with Gasteiger partial charge in [0, 0.05) is 18.8 Å². The van der Waals surface area contributed by atoms with E-state index in [0.717, 1.165) is 18.4 Å². The van der Waals surface area contributed by atoms with Gasteiger partial charge in [0.2, 0.25) is 10.0 Å². The highest BCUT2D eigenvalue weighted by Gasteiger charge is 2.28. The van der Waals surface area contributed by atoms with Crippen molar-refractivity contribution < 1.29 is 22.7 Å². The van der Waals surface area contributed by atoms with Crippen molar-refractivity contribution in [1.82, 2.24) is 4.31 Å². The molecule has 1 aliphatic rings. The number of benzene rings is 2. The van der Waals surface area contributed by atoms with Gasteiger partial charge in [0.1, 0.15) is 0 Å². The summed E-state index contributed by atoms with van der Waals surface area (Å²) in [5.74, 6) is -1.22. The van der Waals surface area contributed by atoms with Crippen LogP contribution in [0.2, 0.25) is 0 Å². The third-order valence-corrected chi connectivity index (χ3v) is 6.72. The number of aryl methyl sites for hydroxylation is 1. The smallest absolute Gasteiger partial charge is 0.338 e. The number of hydrogen-bond donors (Lipinski definition) is 1. The number of nitrogens with zero attached hydrogens (tertiary/aromatic N) is 1. The summed E-state index contributed by atoms with van der Waals surface area (Å²) in [6.45, 7) is 4.29. The van der Waals surface area contributed by atoms with Crippen LogP contribution in [0.3, 0.4) is 0 Å². The zero-order valence-electron chi connectivity index (χ0n) is 16.4. The fourth-order valence-electron chi connectivity index (χ4n) is 3.09. The molecular formula is C21H24N2O5S. The summed E-state index contributed by atoms with van der Waals surface area (Å²) in [6.07, 6.45) is 0.615. The summed E-state index contributed by atoms with van der Waals surface area (Å²) < 4.78 is 32.0. The molecule has 0 aromatic heterocycles. The van der Waals surface area contributed by atoms with E-state index in [4.69, 9.17) is 4.74 Å². The number of hydrogen-bond acceptors (Lipinski definition) is 5. The summed E-state index contributed by atoms with van der Waals surface area (Å²) in [5.41, 5.74) is 1.61. The minimum Gasteiger partial charge on any atom is -0.449 e. The fourth-order valence-corrected chi connectivity index (χ4v) is 4.65. The monoisotopic (exact) mass is 416 g/mol. The molecule has 2 aromatic rings. The lowest BCUT2D eigenvalue weighted by molar-refractivity contribution is -0.123. The molecule has 0 saturated carbocycles. The predicted octanol–water partition coefficient (Wildman–Crippen LogP) is 2.96. The van der Waals surface area contributed by atoms with Gasteiger partial charge in [-0.2, -0.15) is 4.31 Å². The Balaban J connectivity index is 1.69. The maximum Gasteiger partial charge on any atom is 0.338 e. The van der Waals surface area contributed by atoms with Crippen LogP contribution in [-0.4, -0.2) is 43.8 Å². The lowest BCUT2D eigenvalue weighted by atomic mass is 10.2. The molecule has 29 heavy (non-hydrogen) atoms. The van der Waals surface area contributed by atoms with E-state index >= 15 is 0 Å². The molecule has 154 valence electrons. The van der Waals surface area contributed by atoms with E-state index in [-0.39, 0.29) is 10.5 Å². The number of amides is 1.